The molecule has 1 aromatic heterocycles. The van der Waals surface area contributed by atoms with Crippen LogP contribution in [0.3, 0.4) is 0 Å². The molecule has 2 N–H and O–H groups in total. The molecule has 8 nitrogen and oxygen atoms in total. The van der Waals surface area contributed by atoms with Crippen molar-refractivity contribution < 1.29 is 23.5 Å². The van der Waals surface area contributed by atoms with Gasteiger partial charge in [0.1, 0.15) is 18.9 Å². The molecule has 0 saturated heterocycles. The Kier molecular flexibility index (Phi) is 9.85. The summed E-state index contributed by atoms with van der Waals surface area (Å²) < 4.78 is 18.3. The van der Waals surface area contributed by atoms with Crippen LogP contribution in [-0.4, -0.2) is 65.5 Å². The van der Waals surface area contributed by atoms with E-state index in [1.165, 1.54) is 17.0 Å². The highest BCUT2D eigenvalue weighted by atomic mass is 19.1. The van der Waals surface area contributed by atoms with Gasteiger partial charge in [-0.2, -0.15) is 0 Å². The zero-order valence-corrected chi connectivity index (χ0v) is 20.8. The summed E-state index contributed by atoms with van der Waals surface area (Å²) in [7, 11) is 0. The number of para-hydroxylation sites is 1. The van der Waals surface area contributed by atoms with Gasteiger partial charge in [-0.1, -0.05) is 37.3 Å². The molecule has 0 unspecified atom stereocenters. The Morgan fingerprint density at radius 3 is 2.47 bits per heavy atom. The molecule has 192 valence electrons. The Hall–Kier alpha value is -3.88. The van der Waals surface area contributed by atoms with Crippen LogP contribution < -0.4 is 5.32 Å². The van der Waals surface area contributed by atoms with E-state index in [0.29, 0.717) is 25.9 Å². The van der Waals surface area contributed by atoms with Gasteiger partial charge in [0.2, 0.25) is 5.91 Å². The first-order chi connectivity index (χ1) is 17.4. The van der Waals surface area contributed by atoms with E-state index in [1.54, 1.807) is 24.0 Å². The number of benzene rings is 2. The maximum absolute atomic E-state index is 13.4. The first-order valence-corrected chi connectivity index (χ1v) is 12.2. The fourth-order valence-electron chi connectivity index (χ4n) is 3.95. The molecule has 0 bridgehead atoms. The topological polar surface area (TPSA) is 94.7 Å². The smallest absolute Gasteiger partial charge is 0.325 e. The lowest BCUT2D eigenvalue weighted by atomic mass is 10.1. The van der Waals surface area contributed by atoms with E-state index < -0.39 is 12.0 Å². The molecule has 9 heteroatoms. The summed E-state index contributed by atoms with van der Waals surface area (Å²) in [6.45, 7) is 4.47. The van der Waals surface area contributed by atoms with E-state index in [2.05, 4.69) is 10.3 Å². The van der Waals surface area contributed by atoms with Crippen molar-refractivity contribution in [3.05, 3.63) is 71.7 Å². The van der Waals surface area contributed by atoms with Crippen molar-refractivity contribution in [1.29, 1.82) is 0 Å². The Morgan fingerprint density at radius 1 is 1.00 bits per heavy atom. The number of nitrogens with zero attached hydrogens (tertiary/aromatic N) is 2. The second-order valence-corrected chi connectivity index (χ2v) is 8.44. The fourth-order valence-corrected chi connectivity index (χ4v) is 3.95. The number of aromatic nitrogens is 1. The van der Waals surface area contributed by atoms with Crippen molar-refractivity contribution >= 4 is 28.8 Å². The number of ether oxygens (including phenoxy) is 1. The minimum atomic E-state index is -0.537. The van der Waals surface area contributed by atoms with Crippen LogP contribution in [0.15, 0.2) is 54.7 Å². The minimum absolute atomic E-state index is 0.141. The molecule has 0 spiro atoms. The number of hydrogen-bond acceptors (Lipinski definition) is 4. The number of H-pyrrole nitrogens is 1. The van der Waals surface area contributed by atoms with Crippen molar-refractivity contribution in [1.82, 2.24) is 20.1 Å². The maximum atomic E-state index is 13.4. The molecule has 0 saturated carbocycles. The summed E-state index contributed by atoms with van der Waals surface area (Å²) >= 11 is 0. The summed E-state index contributed by atoms with van der Waals surface area (Å²) in [5, 5.41) is 3.62. The largest absolute Gasteiger partial charge is 0.465 e. The zero-order chi connectivity index (χ0) is 25.9. The number of fused-ring (bicyclic) bond motifs is 1. The molecule has 2 aromatic carbocycles. The minimum Gasteiger partial charge on any atom is -0.465 e. The van der Waals surface area contributed by atoms with Crippen molar-refractivity contribution in [3.63, 3.8) is 0 Å². The molecule has 3 rings (SSSR count). The lowest BCUT2D eigenvalue weighted by Crippen LogP contribution is -2.48. The molecule has 0 aliphatic carbocycles. The third-order valence-electron chi connectivity index (χ3n) is 5.76. The molecule has 36 heavy (non-hydrogen) atoms. The van der Waals surface area contributed by atoms with Gasteiger partial charge < -0.3 is 24.8 Å². The molecule has 3 amide bonds. The summed E-state index contributed by atoms with van der Waals surface area (Å²) in [4.78, 5) is 44.0. The SMILES string of the molecule is CCCN(CC(=O)N(CCc1c[nH]c2ccccc12)Cc1ccc(F)cc1)C(=O)NCC(=O)OCC. The predicted octanol–water partition coefficient (Wildman–Crippen LogP) is 3.86. The van der Waals surface area contributed by atoms with Crippen molar-refractivity contribution in [3.8, 4) is 0 Å². The lowest BCUT2D eigenvalue weighted by molar-refractivity contribution is -0.141. The first kappa shape index (κ1) is 26.7. The quantitative estimate of drug-likeness (QED) is 0.372. The molecule has 0 aliphatic heterocycles. The standard InChI is InChI=1S/C27H33FN4O4/c1-3-14-32(27(35)30-17-26(34)36-4-2)19-25(33)31(18-20-9-11-22(28)12-10-20)15-13-21-16-29-24-8-6-5-7-23(21)24/h5-12,16,29H,3-4,13-15,17-19H2,1-2H3,(H,30,35). The number of nitrogens with one attached hydrogen (secondary N) is 2. The van der Waals surface area contributed by atoms with Gasteiger partial charge >= 0.3 is 12.0 Å². The monoisotopic (exact) mass is 496 g/mol. The van der Waals surface area contributed by atoms with E-state index in [9.17, 15) is 18.8 Å². The number of rotatable bonds is 12. The second kappa shape index (κ2) is 13.3. The second-order valence-electron chi connectivity index (χ2n) is 8.44. The summed E-state index contributed by atoms with van der Waals surface area (Å²) in [6, 6.07) is 13.5. The number of esters is 1. The fraction of sp³-hybridized carbons (Fsp3) is 0.370. The van der Waals surface area contributed by atoms with Crippen molar-refractivity contribution in [2.24, 2.45) is 0 Å². The van der Waals surface area contributed by atoms with Gasteiger partial charge in [0, 0.05) is 36.7 Å². The number of carbonyl (C=O) groups excluding carboxylic acids is 3. The van der Waals surface area contributed by atoms with E-state index in [0.717, 1.165) is 22.0 Å². The van der Waals surface area contributed by atoms with Crippen LogP contribution in [0.1, 0.15) is 31.4 Å². The Morgan fingerprint density at radius 2 is 1.75 bits per heavy atom. The van der Waals surface area contributed by atoms with Crippen LogP contribution >= 0.6 is 0 Å². The molecule has 0 atom stereocenters. The van der Waals surface area contributed by atoms with Crippen LogP contribution in [0.5, 0.6) is 0 Å². The lowest BCUT2D eigenvalue weighted by Gasteiger charge is -2.28. The number of amides is 3. The van der Waals surface area contributed by atoms with Crippen LogP contribution in [0.25, 0.3) is 10.9 Å². The molecule has 0 fully saturated rings. The zero-order valence-electron chi connectivity index (χ0n) is 20.8. The molecule has 1 heterocycles. The first-order valence-electron chi connectivity index (χ1n) is 12.2. The molecular weight excluding hydrogens is 463 g/mol. The van der Waals surface area contributed by atoms with Crippen LogP contribution in [0, 0.1) is 5.82 Å². The van der Waals surface area contributed by atoms with Gasteiger partial charge in [-0.3, -0.25) is 9.59 Å². The Balaban J connectivity index is 1.72. The van der Waals surface area contributed by atoms with E-state index in [-0.39, 0.29) is 38.0 Å². The highest BCUT2D eigenvalue weighted by molar-refractivity contribution is 5.86. The molecule has 0 radical (unpaired) electrons. The van der Waals surface area contributed by atoms with E-state index in [1.807, 2.05) is 37.4 Å². The van der Waals surface area contributed by atoms with Gasteiger partial charge in [0.25, 0.3) is 0 Å². The van der Waals surface area contributed by atoms with E-state index >= 15 is 0 Å². The Labute approximate surface area is 210 Å². The van der Waals surface area contributed by atoms with Gasteiger partial charge in [0.05, 0.1) is 6.61 Å². The van der Waals surface area contributed by atoms with Gasteiger partial charge in [-0.15, -0.1) is 0 Å². The maximum Gasteiger partial charge on any atom is 0.325 e. The number of aromatic amines is 1. The average molecular weight is 497 g/mol. The summed E-state index contributed by atoms with van der Waals surface area (Å²) in [5.74, 6) is -1.12. The highest BCUT2D eigenvalue weighted by Gasteiger charge is 2.22. The molecule has 3 aromatic rings. The van der Waals surface area contributed by atoms with Gasteiger partial charge in [-0.25, -0.2) is 9.18 Å². The van der Waals surface area contributed by atoms with Crippen molar-refractivity contribution in [2.75, 3.05) is 32.8 Å². The summed E-state index contributed by atoms with van der Waals surface area (Å²) in [5.41, 5.74) is 2.90. The predicted molar refractivity (Wildman–Crippen MR) is 136 cm³/mol. The molecule has 0 aliphatic rings. The van der Waals surface area contributed by atoms with Crippen LogP contribution in [0.4, 0.5) is 9.18 Å². The molecular formula is C27H33FN4O4. The van der Waals surface area contributed by atoms with Crippen LogP contribution in [0.2, 0.25) is 0 Å². The average Bonchev–Trinajstić information content (AvgIpc) is 3.29. The summed E-state index contributed by atoms with van der Waals surface area (Å²) in [6.07, 6.45) is 3.20. The number of halogens is 1. The van der Waals surface area contributed by atoms with Crippen LogP contribution in [-0.2, 0) is 27.3 Å². The van der Waals surface area contributed by atoms with Gasteiger partial charge in [0.15, 0.2) is 0 Å². The third kappa shape index (κ3) is 7.56. The normalized spacial score (nSPS) is 10.8. The van der Waals surface area contributed by atoms with Crippen molar-refractivity contribution in [2.45, 2.75) is 33.2 Å². The van der Waals surface area contributed by atoms with E-state index in [4.69, 9.17) is 4.74 Å². The number of hydrogen-bond donors (Lipinski definition) is 2. The third-order valence-corrected chi connectivity index (χ3v) is 5.76. The Bertz CT molecular complexity index is 1160. The van der Waals surface area contributed by atoms with Gasteiger partial charge in [-0.05, 0) is 49.1 Å². The number of carbonyl (C=O) groups is 3. The number of urea groups is 1. The highest BCUT2D eigenvalue weighted by Crippen LogP contribution is 2.19.